The van der Waals surface area contributed by atoms with E-state index < -0.39 is 0 Å². The molecule has 0 amide bonds. The number of nitrogens with two attached hydrogens (primary N) is 1. The van der Waals surface area contributed by atoms with Crippen molar-refractivity contribution in [2.45, 2.75) is 51.0 Å². The highest BCUT2D eigenvalue weighted by molar-refractivity contribution is 7.99. The molecule has 2 N–H and O–H groups in total. The minimum absolute atomic E-state index is 0.202. The minimum atomic E-state index is 0.202. The fraction of sp³-hybridized carbons (Fsp3) is 0.600. The largest absolute Gasteiger partial charge is 0.327 e. The fourth-order valence-corrected chi connectivity index (χ4v) is 3.18. The smallest absolute Gasteiger partial charge is 0.0449 e. The van der Waals surface area contributed by atoms with Crippen LogP contribution in [0.3, 0.4) is 0 Å². The monoisotopic (exact) mass is 285 g/mol. The normalized spacial score (nSPS) is 14.5. The second-order valence-corrected chi connectivity index (χ2v) is 6.38. The summed E-state index contributed by atoms with van der Waals surface area (Å²) in [6.07, 6.45) is 3.08. The molecule has 0 radical (unpaired) electrons. The van der Waals surface area contributed by atoms with Gasteiger partial charge in [0.05, 0.1) is 0 Å². The standard InChI is InChI=1S/C15H24ClNS/c1-4-11(3)10-18-15-8-6-7-14(16)13(15)9-12(17)5-2/h6-8,11-12H,4-5,9-10,17H2,1-3H3. The van der Waals surface area contributed by atoms with Gasteiger partial charge in [-0.15, -0.1) is 11.8 Å². The van der Waals surface area contributed by atoms with Crippen molar-refractivity contribution in [3.05, 3.63) is 28.8 Å². The van der Waals surface area contributed by atoms with Crippen LogP contribution in [0.15, 0.2) is 23.1 Å². The molecule has 0 heterocycles. The molecule has 102 valence electrons. The van der Waals surface area contributed by atoms with Crippen molar-refractivity contribution in [1.82, 2.24) is 0 Å². The third kappa shape index (κ3) is 4.83. The van der Waals surface area contributed by atoms with Crippen molar-refractivity contribution in [3.8, 4) is 0 Å². The van der Waals surface area contributed by atoms with Crippen molar-refractivity contribution in [1.29, 1.82) is 0 Å². The summed E-state index contributed by atoms with van der Waals surface area (Å²) in [6.45, 7) is 6.64. The van der Waals surface area contributed by atoms with Gasteiger partial charge < -0.3 is 5.73 Å². The van der Waals surface area contributed by atoms with Gasteiger partial charge >= 0.3 is 0 Å². The maximum atomic E-state index is 6.31. The highest BCUT2D eigenvalue weighted by Crippen LogP contribution is 2.31. The lowest BCUT2D eigenvalue weighted by atomic mass is 10.0. The van der Waals surface area contributed by atoms with E-state index in [4.69, 9.17) is 17.3 Å². The van der Waals surface area contributed by atoms with E-state index in [-0.39, 0.29) is 6.04 Å². The highest BCUT2D eigenvalue weighted by atomic mass is 35.5. The average Bonchev–Trinajstić information content (AvgIpc) is 2.38. The first-order chi connectivity index (χ1) is 8.58. The molecule has 0 fully saturated rings. The first kappa shape index (κ1) is 15.9. The summed E-state index contributed by atoms with van der Waals surface area (Å²) < 4.78 is 0. The van der Waals surface area contributed by atoms with Gasteiger partial charge in [0.1, 0.15) is 0 Å². The van der Waals surface area contributed by atoms with E-state index >= 15 is 0 Å². The molecule has 0 saturated carbocycles. The molecule has 18 heavy (non-hydrogen) atoms. The Labute approximate surface area is 120 Å². The van der Waals surface area contributed by atoms with Gasteiger partial charge in [-0.05, 0) is 36.5 Å². The van der Waals surface area contributed by atoms with Crippen molar-refractivity contribution in [2.75, 3.05) is 5.75 Å². The minimum Gasteiger partial charge on any atom is -0.327 e. The Balaban J connectivity index is 2.79. The van der Waals surface area contributed by atoms with E-state index in [9.17, 15) is 0 Å². The van der Waals surface area contributed by atoms with Crippen LogP contribution in [0.5, 0.6) is 0 Å². The van der Waals surface area contributed by atoms with Crippen LogP contribution in [0.2, 0.25) is 5.02 Å². The number of benzene rings is 1. The van der Waals surface area contributed by atoms with Gasteiger partial charge in [-0.25, -0.2) is 0 Å². The zero-order valence-corrected chi connectivity index (χ0v) is 13.2. The number of thioether (sulfide) groups is 1. The molecule has 3 heteroatoms. The molecule has 1 aromatic rings. The Kier molecular flexibility index (Phi) is 7.13. The van der Waals surface area contributed by atoms with Gasteiger partial charge in [0, 0.05) is 21.7 Å². The number of halogens is 1. The quantitative estimate of drug-likeness (QED) is 0.731. The Hall–Kier alpha value is -0.180. The summed E-state index contributed by atoms with van der Waals surface area (Å²) in [4.78, 5) is 1.30. The molecule has 1 rings (SSSR count). The van der Waals surface area contributed by atoms with Crippen LogP contribution in [0, 0.1) is 5.92 Å². The van der Waals surface area contributed by atoms with Crippen LogP contribution in [0.1, 0.15) is 39.2 Å². The van der Waals surface area contributed by atoms with Gasteiger partial charge in [-0.2, -0.15) is 0 Å². The average molecular weight is 286 g/mol. The van der Waals surface area contributed by atoms with Gasteiger partial charge in [-0.1, -0.05) is 44.9 Å². The van der Waals surface area contributed by atoms with Crippen LogP contribution in [0.25, 0.3) is 0 Å². The third-order valence-electron chi connectivity index (χ3n) is 3.29. The van der Waals surface area contributed by atoms with Crippen LogP contribution in [-0.4, -0.2) is 11.8 Å². The first-order valence-corrected chi connectivity index (χ1v) is 8.10. The van der Waals surface area contributed by atoms with Gasteiger partial charge in [0.2, 0.25) is 0 Å². The van der Waals surface area contributed by atoms with Crippen molar-refractivity contribution in [2.24, 2.45) is 11.7 Å². The van der Waals surface area contributed by atoms with Crippen LogP contribution < -0.4 is 5.73 Å². The van der Waals surface area contributed by atoms with E-state index in [0.29, 0.717) is 0 Å². The topological polar surface area (TPSA) is 26.0 Å². The number of hydrogen-bond acceptors (Lipinski definition) is 2. The number of rotatable bonds is 7. The summed E-state index contributed by atoms with van der Waals surface area (Å²) in [6, 6.07) is 6.36. The van der Waals surface area contributed by atoms with Gasteiger partial charge in [0.25, 0.3) is 0 Å². The molecule has 0 aliphatic carbocycles. The molecule has 2 atom stereocenters. The molecule has 0 bridgehead atoms. The van der Waals surface area contributed by atoms with E-state index in [0.717, 1.165) is 29.5 Å². The van der Waals surface area contributed by atoms with Gasteiger partial charge in [0.15, 0.2) is 0 Å². The van der Waals surface area contributed by atoms with E-state index in [1.54, 1.807) is 0 Å². The van der Waals surface area contributed by atoms with E-state index in [1.165, 1.54) is 16.9 Å². The first-order valence-electron chi connectivity index (χ1n) is 6.74. The molecule has 0 aliphatic rings. The molecule has 0 saturated heterocycles. The van der Waals surface area contributed by atoms with Crippen LogP contribution >= 0.6 is 23.4 Å². The molecule has 1 aromatic carbocycles. The predicted octanol–water partition coefficient (Wildman–Crippen LogP) is 4.76. The predicted molar refractivity (Wildman–Crippen MR) is 83.6 cm³/mol. The summed E-state index contributed by atoms with van der Waals surface area (Å²) in [5.41, 5.74) is 7.28. The Morgan fingerprint density at radius 1 is 1.28 bits per heavy atom. The van der Waals surface area contributed by atoms with Crippen LogP contribution in [0.4, 0.5) is 0 Å². The van der Waals surface area contributed by atoms with Crippen molar-refractivity contribution in [3.63, 3.8) is 0 Å². The molecule has 2 unspecified atom stereocenters. The summed E-state index contributed by atoms with van der Waals surface area (Å²) in [5, 5.41) is 0.855. The maximum absolute atomic E-state index is 6.31. The summed E-state index contributed by atoms with van der Waals surface area (Å²) >= 11 is 8.22. The Morgan fingerprint density at radius 2 is 2.00 bits per heavy atom. The summed E-state index contributed by atoms with van der Waals surface area (Å²) in [7, 11) is 0. The molecular formula is C15H24ClNS. The van der Waals surface area contributed by atoms with E-state index in [1.807, 2.05) is 23.9 Å². The Morgan fingerprint density at radius 3 is 2.61 bits per heavy atom. The molecule has 1 nitrogen and oxygen atoms in total. The zero-order chi connectivity index (χ0) is 13.5. The van der Waals surface area contributed by atoms with Crippen LogP contribution in [-0.2, 0) is 6.42 Å². The second-order valence-electron chi connectivity index (χ2n) is 4.91. The Bertz CT molecular complexity index is 368. The van der Waals surface area contributed by atoms with Crippen molar-refractivity contribution < 1.29 is 0 Å². The lowest BCUT2D eigenvalue weighted by Crippen LogP contribution is -2.22. The van der Waals surface area contributed by atoms with Crippen molar-refractivity contribution >= 4 is 23.4 Å². The SMILES string of the molecule is CCC(C)CSc1cccc(Cl)c1CC(N)CC. The molecular weight excluding hydrogens is 262 g/mol. The van der Waals surface area contributed by atoms with E-state index in [2.05, 4.69) is 26.8 Å². The fourth-order valence-electron chi connectivity index (χ4n) is 1.63. The highest BCUT2D eigenvalue weighted by Gasteiger charge is 2.12. The van der Waals surface area contributed by atoms with Gasteiger partial charge in [-0.3, -0.25) is 0 Å². The second kappa shape index (κ2) is 8.08. The maximum Gasteiger partial charge on any atom is 0.0449 e. The molecule has 0 spiro atoms. The lowest BCUT2D eigenvalue weighted by Gasteiger charge is -2.16. The lowest BCUT2D eigenvalue weighted by molar-refractivity contribution is 0.634. The number of hydrogen-bond donors (Lipinski definition) is 1. The molecule has 0 aromatic heterocycles. The zero-order valence-electron chi connectivity index (χ0n) is 11.6. The summed E-state index contributed by atoms with van der Waals surface area (Å²) in [5.74, 6) is 1.88. The molecule has 0 aliphatic heterocycles. The third-order valence-corrected chi connectivity index (χ3v) is 5.07.